The lowest BCUT2D eigenvalue weighted by Crippen LogP contribution is -2.45. The predicted molar refractivity (Wildman–Crippen MR) is 96.4 cm³/mol. The van der Waals surface area contributed by atoms with Crippen molar-refractivity contribution >= 4 is 22.8 Å². The maximum absolute atomic E-state index is 12.4. The van der Waals surface area contributed by atoms with E-state index in [9.17, 15) is 9.59 Å². The summed E-state index contributed by atoms with van der Waals surface area (Å²) in [6.45, 7) is 4.08. The first kappa shape index (κ1) is 16.0. The van der Waals surface area contributed by atoms with Crippen molar-refractivity contribution in [2.45, 2.75) is 32.2 Å². The summed E-state index contributed by atoms with van der Waals surface area (Å²) < 4.78 is 0. The number of piperidine rings is 1. The molecule has 2 aliphatic rings. The first-order chi connectivity index (χ1) is 12.1. The Kier molecular flexibility index (Phi) is 4.11. The molecule has 1 aromatic heterocycles. The number of carbonyl (C=O) groups is 2. The summed E-state index contributed by atoms with van der Waals surface area (Å²) in [5.74, 6) is 0.512. The van der Waals surface area contributed by atoms with Gasteiger partial charge in [0.2, 0.25) is 5.91 Å². The minimum absolute atomic E-state index is 0.0276. The van der Waals surface area contributed by atoms with E-state index in [0.717, 1.165) is 24.9 Å². The molecule has 25 heavy (non-hydrogen) atoms. The van der Waals surface area contributed by atoms with E-state index in [2.05, 4.69) is 34.7 Å². The van der Waals surface area contributed by atoms with E-state index >= 15 is 0 Å². The van der Waals surface area contributed by atoms with Crippen molar-refractivity contribution in [3.63, 3.8) is 0 Å². The van der Waals surface area contributed by atoms with Crippen molar-refractivity contribution in [1.29, 1.82) is 0 Å². The molecular weight excluding hydrogens is 316 g/mol. The average Bonchev–Trinajstić information content (AvgIpc) is 3.19. The molecule has 4 rings (SSSR count). The number of aromatic nitrogens is 1. The summed E-state index contributed by atoms with van der Waals surface area (Å²) >= 11 is 0. The largest absolute Gasteiger partial charge is 0.361 e. The van der Waals surface area contributed by atoms with Gasteiger partial charge in [0.05, 0.1) is 6.04 Å². The third-order valence-electron chi connectivity index (χ3n) is 5.48. The fourth-order valence-electron chi connectivity index (χ4n) is 4.15. The smallest absolute Gasteiger partial charge is 0.317 e. The number of likely N-dealkylation sites (tertiary alicyclic amines) is 1. The number of H-pyrrole nitrogens is 1. The lowest BCUT2D eigenvalue weighted by Gasteiger charge is -2.24. The number of hydrogen-bond acceptors (Lipinski definition) is 2. The Balaban J connectivity index is 1.33. The molecule has 3 N–H and O–H groups in total. The number of rotatable bonds is 3. The number of nitrogens with one attached hydrogen (secondary N) is 3. The van der Waals surface area contributed by atoms with Crippen LogP contribution in [-0.2, 0) is 11.2 Å². The zero-order valence-corrected chi connectivity index (χ0v) is 14.5. The Labute approximate surface area is 147 Å². The SMILES string of the molecule is Cc1cccc2[nH]cc(CCNC(=O)N3CC4CCC(=O)NC4C3)c12. The lowest BCUT2D eigenvalue weighted by atomic mass is 9.94. The fourth-order valence-corrected chi connectivity index (χ4v) is 4.15. The van der Waals surface area contributed by atoms with Gasteiger partial charge in [-0.15, -0.1) is 0 Å². The van der Waals surface area contributed by atoms with E-state index in [1.54, 1.807) is 0 Å². The molecule has 1 aromatic carbocycles. The second kappa shape index (κ2) is 6.43. The van der Waals surface area contributed by atoms with Crippen LogP contribution in [0.2, 0.25) is 0 Å². The molecule has 2 atom stereocenters. The van der Waals surface area contributed by atoms with Gasteiger partial charge in [-0.05, 0) is 42.9 Å². The molecule has 2 unspecified atom stereocenters. The van der Waals surface area contributed by atoms with Crippen LogP contribution in [0.3, 0.4) is 0 Å². The zero-order valence-electron chi connectivity index (χ0n) is 14.5. The summed E-state index contributed by atoms with van der Waals surface area (Å²) in [4.78, 5) is 29.0. The lowest BCUT2D eigenvalue weighted by molar-refractivity contribution is -0.123. The van der Waals surface area contributed by atoms with Gasteiger partial charge in [-0.1, -0.05) is 12.1 Å². The molecule has 0 bridgehead atoms. The number of aryl methyl sites for hydroxylation is 1. The van der Waals surface area contributed by atoms with Crippen LogP contribution in [0.1, 0.15) is 24.0 Å². The van der Waals surface area contributed by atoms with E-state index in [1.165, 1.54) is 16.5 Å². The zero-order chi connectivity index (χ0) is 17.4. The number of aromatic amines is 1. The Bertz CT molecular complexity index is 813. The van der Waals surface area contributed by atoms with Gasteiger partial charge < -0.3 is 20.5 Å². The standard InChI is InChI=1S/C19H24N4O2/c1-12-3-2-4-15-18(12)13(9-21-15)7-8-20-19(25)23-10-14-5-6-17(24)22-16(14)11-23/h2-4,9,14,16,21H,5-8,10-11H2,1H3,(H,20,25)(H,22,24). The maximum Gasteiger partial charge on any atom is 0.317 e. The third kappa shape index (κ3) is 3.08. The minimum atomic E-state index is -0.0276. The van der Waals surface area contributed by atoms with Crippen LogP contribution >= 0.6 is 0 Å². The Morgan fingerprint density at radius 2 is 2.24 bits per heavy atom. The number of nitrogens with zero attached hydrogens (tertiary/aromatic N) is 1. The Morgan fingerprint density at radius 3 is 3.12 bits per heavy atom. The maximum atomic E-state index is 12.4. The van der Waals surface area contributed by atoms with E-state index in [0.29, 0.717) is 25.4 Å². The van der Waals surface area contributed by atoms with Crippen LogP contribution in [0.5, 0.6) is 0 Å². The topological polar surface area (TPSA) is 77.2 Å². The van der Waals surface area contributed by atoms with Crippen LogP contribution in [0.4, 0.5) is 4.79 Å². The molecule has 6 nitrogen and oxygen atoms in total. The number of urea groups is 1. The van der Waals surface area contributed by atoms with Gasteiger partial charge in [-0.3, -0.25) is 4.79 Å². The van der Waals surface area contributed by atoms with Gasteiger partial charge in [0.25, 0.3) is 0 Å². The van der Waals surface area contributed by atoms with E-state index in [4.69, 9.17) is 0 Å². The van der Waals surface area contributed by atoms with Crippen molar-refractivity contribution in [1.82, 2.24) is 20.5 Å². The highest BCUT2D eigenvalue weighted by molar-refractivity contribution is 5.86. The molecule has 0 aliphatic carbocycles. The number of hydrogen-bond donors (Lipinski definition) is 3. The van der Waals surface area contributed by atoms with Crippen molar-refractivity contribution in [2.75, 3.05) is 19.6 Å². The van der Waals surface area contributed by atoms with Crippen molar-refractivity contribution in [2.24, 2.45) is 5.92 Å². The predicted octanol–water partition coefficient (Wildman–Crippen LogP) is 1.94. The molecular formula is C19H24N4O2. The van der Waals surface area contributed by atoms with E-state index < -0.39 is 0 Å². The Morgan fingerprint density at radius 1 is 1.36 bits per heavy atom. The molecule has 132 valence electrons. The highest BCUT2D eigenvalue weighted by atomic mass is 16.2. The van der Waals surface area contributed by atoms with Gasteiger partial charge >= 0.3 is 6.03 Å². The molecule has 2 aromatic rings. The summed E-state index contributed by atoms with van der Waals surface area (Å²) in [6, 6.07) is 6.33. The quantitative estimate of drug-likeness (QED) is 0.798. The van der Waals surface area contributed by atoms with E-state index in [1.807, 2.05) is 17.2 Å². The highest BCUT2D eigenvalue weighted by Crippen LogP contribution is 2.25. The van der Waals surface area contributed by atoms with Crippen molar-refractivity contribution in [3.8, 4) is 0 Å². The number of fused-ring (bicyclic) bond motifs is 2. The third-order valence-corrected chi connectivity index (χ3v) is 5.48. The Hall–Kier alpha value is -2.50. The van der Waals surface area contributed by atoms with E-state index in [-0.39, 0.29) is 18.0 Å². The summed E-state index contributed by atoms with van der Waals surface area (Å²) in [5.41, 5.74) is 3.62. The van der Waals surface area contributed by atoms with Crippen molar-refractivity contribution < 1.29 is 9.59 Å². The van der Waals surface area contributed by atoms with Crippen LogP contribution in [-0.4, -0.2) is 47.5 Å². The number of amides is 3. The number of benzene rings is 1. The average molecular weight is 340 g/mol. The van der Waals surface area contributed by atoms with Gasteiger partial charge in [0, 0.05) is 43.2 Å². The van der Waals surface area contributed by atoms with Crippen molar-refractivity contribution in [3.05, 3.63) is 35.5 Å². The van der Waals surface area contributed by atoms with Crippen LogP contribution < -0.4 is 10.6 Å². The van der Waals surface area contributed by atoms with Crippen LogP contribution in [0.15, 0.2) is 24.4 Å². The molecule has 0 saturated carbocycles. The molecule has 2 saturated heterocycles. The van der Waals surface area contributed by atoms with Crippen LogP contribution in [0.25, 0.3) is 10.9 Å². The summed E-state index contributed by atoms with van der Waals surface area (Å²) in [5, 5.41) is 7.29. The first-order valence-corrected chi connectivity index (χ1v) is 8.99. The van der Waals surface area contributed by atoms with Gasteiger partial charge in [-0.2, -0.15) is 0 Å². The highest BCUT2D eigenvalue weighted by Gasteiger charge is 2.38. The van der Waals surface area contributed by atoms with Gasteiger partial charge in [-0.25, -0.2) is 4.79 Å². The molecule has 0 radical (unpaired) electrons. The molecule has 3 amide bonds. The molecule has 2 aliphatic heterocycles. The summed E-state index contributed by atoms with van der Waals surface area (Å²) in [7, 11) is 0. The minimum Gasteiger partial charge on any atom is -0.361 e. The van der Waals surface area contributed by atoms with Gasteiger partial charge in [0.1, 0.15) is 0 Å². The molecule has 0 spiro atoms. The molecule has 6 heteroatoms. The first-order valence-electron chi connectivity index (χ1n) is 8.99. The summed E-state index contributed by atoms with van der Waals surface area (Å²) in [6.07, 6.45) is 4.29. The molecule has 3 heterocycles. The fraction of sp³-hybridized carbons (Fsp3) is 0.474. The second-order valence-corrected chi connectivity index (χ2v) is 7.17. The molecule has 2 fully saturated rings. The number of carbonyl (C=O) groups excluding carboxylic acids is 2. The van der Waals surface area contributed by atoms with Gasteiger partial charge in [0.15, 0.2) is 0 Å². The normalized spacial score (nSPS) is 22.8. The second-order valence-electron chi connectivity index (χ2n) is 7.17. The monoisotopic (exact) mass is 340 g/mol. The van der Waals surface area contributed by atoms with Crippen LogP contribution in [0, 0.1) is 12.8 Å².